The van der Waals surface area contributed by atoms with Crippen LogP contribution in [0.2, 0.25) is 0 Å². The molecule has 0 aliphatic rings. The van der Waals surface area contributed by atoms with Gasteiger partial charge < -0.3 is 4.98 Å². The number of hydrogen-bond donors (Lipinski definition) is 1. The van der Waals surface area contributed by atoms with E-state index >= 15 is 0 Å². The van der Waals surface area contributed by atoms with Crippen LogP contribution in [0.4, 0.5) is 0 Å². The van der Waals surface area contributed by atoms with Crippen LogP contribution in [0.5, 0.6) is 0 Å². The number of fused-ring (bicyclic) bond motifs is 1. The normalized spacial score (nSPS) is 9.64. The minimum absolute atomic E-state index is 0.820. The zero-order valence-electron chi connectivity index (χ0n) is 9.04. The number of aromatic amines is 1. The molecule has 2 heterocycles. The van der Waals surface area contributed by atoms with Gasteiger partial charge in [-0.25, -0.2) is 9.97 Å². The molecule has 0 saturated carbocycles. The highest BCUT2D eigenvalue weighted by atomic mass is 15.0. The standard InChI is InChI=1S/C9H11N3.C2H6/c1-2-4-8-11-7-5-3-6-10-9(7)12-8;1-2/h3,5-6H,2,4H2,1H3,(H,10,11,12);1-2H3. The lowest BCUT2D eigenvalue weighted by molar-refractivity contribution is 0.860. The van der Waals surface area contributed by atoms with Crippen molar-refractivity contribution in [2.24, 2.45) is 0 Å². The van der Waals surface area contributed by atoms with Gasteiger partial charge in [-0.05, 0) is 18.6 Å². The third-order valence-corrected chi connectivity index (χ3v) is 1.79. The van der Waals surface area contributed by atoms with Crippen molar-refractivity contribution in [1.29, 1.82) is 0 Å². The molecule has 0 aromatic carbocycles. The molecule has 0 unspecified atom stereocenters. The fourth-order valence-electron chi connectivity index (χ4n) is 1.25. The maximum Gasteiger partial charge on any atom is 0.177 e. The Morgan fingerprint density at radius 3 is 2.79 bits per heavy atom. The second-order valence-electron chi connectivity index (χ2n) is 2.81. The summed E-state index contributed by atoms with van der Waals surface area (Å²) < 4.78 is 0. The van der Waals surface area contributed by atoms with Crippen LogP contribution in [0.3, 0.4) is 0 Å². The van der Waals surface area contributed by atoms with Crippen LogP contribution in [-0.2, 0) is 6.42 Å². The SMILES string of the molecule is CC.CCCc1nc2ncccc2[nH]1. The highest BCUT2D eigenvalue weighted by Crippen LogP contribution is 2.07. The molecule has 2 rings (SSSR count). The third kappa shape index (κ3) is 2.31. The zero-order chi connectivity index (χ0) is 10.4. The van der Waals surface area contributed by atoms with E-state index in [-0.39, 0.29) is 0 Å². The van der Waals surface area contributed by atoms with Crippen molar-refractivity contribution >= 4 is 11.2 Å². The monoisotopic (exact) mass is 191 g/mol. The minimum Gasteiger partial charge on any atom is -0.341 e. The summed E-state index contributed by atoms with van der Waals surface area (Å²) in [5.41, 5.74) is 1.85. The summed E-state index contributed by atoms with van der Waals surface area (Å²) >= 11 is 0. The molecular weight excluding hydrogens is 174 g/mol. The van der Waals surface area contributed by atoms with Crippen LogP contribution >= 0.6 is 0 Å². The van der Waals surface area contributed by atoms with E-state index in [9.17, 15) is 0 Å². The first-order valence-electron chi connectivity index (χ1n) is 5.20. The van der Waals surface area contributed by atoms with Crippen molar-refractivity contribution in [2.45, 2.75) is 33.6 Å². The van der Waals surface area contributed by atoms with Gasteiger partial charge in [-0.3, -0.25) is 0 Å². The van der Waals surface area contributed by atoms with E-state index in [4.69, 9.17) is 0 Å². The Morgan fingerprint density at radius 1 is 1.36 bits per heavy atom. The Hall–Kier alpha value is -1.38. The molecule has 3 nitrogen and oxygen atoms in total. The van der Waals surface area contributed by atoms with Crippen LogP contribution in [0, 0.1) is 0 Å². The quantitative estimate of drug-likeness (QED) is 0.793. The molecular formula is C11H17N3. The lowest BCUT2D eigenvalue weighted by Crippen LogP contribution is -1.84. The maximum absolute atomic E-state index is 4.34. The summed E-state index contributed by atoms with van der Waals surface area (Å²) in [5.74, 6) is 1.03. The predicted molar refractivity (Wildman–Crippen MR) is 59.2 cm³/mol. The van der Waals surface area contributed by atoms with Crippen molar-refractivity contribution < 1.29 is 0 Å². The van der Waals surface area contributed by atoms with Gasteiger partial charge in [0.2, 0.25) is 0 Å². The maximum atomic E-state index is 4.34. The van der Waals surface area contributed by atoms with Gasteiger partial charge in [0.1, 0.15) is 5.82 Å². The van der Waals surface area contributed by atoms with Crippen molar-refractivity contribution in [1.82, 2.24) is 15.0 Å². The molecule has 0 radical (unpaired) electrons. The average Bonchev–Trinajstić information content (AvgIpc) is 2.63. The Bertz CT molecular complexity index is 346. The van der Waals surface area contributed by atoms with Gasteiger partial charge >= 0.3 is 0 Å². The van der Waals surface area contributed by atoms with Crippen LogP contribution in [0.25, 0.3) is 11.2 Å². The van der Waals surface area contributed by atoms with Gasteiger partial charge in [0.25, 0.3) is 0 Å². The molecule has 3 heteroatoms. The van der Waals surface area contributed by atoms with Crippen molar-refractivity contribution in [2.75, 3.05) is 0 Å². The Labute approximate surface area is 84.6 Å². The van der Waals surface area contributed by atoms with Crippen LogP contribution in [0.15, 0.2) is 18.3 Å². The van der Waals surface area contributed by atoms with E-state index in [0.29, 0.717) is 0 Å². The molecule has 0 aliphatic carbocycles. The Morgan fingerprint density at radius 2 is 2.14 bits per heavy atom. The van der Waals surface area contributed by atoms with E-state index in [1.165, 1.54) is 0 Å². The third-order valence-electron chi connectivity index (χ3n) is 1.79. The number of aromatic nitrogens is 3. The number of aryl methyl sites for hydroxylation is 1. The Kier molecular flexibility index (Phi) is 4.11. The summed E-state index contributed by atoms with van der Waals surface area (Å²) in [5, 5.41) is 0. The first kappa shape index (κ1) is 10.7. The number of imidazole rings is 1. The number of hydrogen-bond acceptors (Lipinski definition) is 2. The van der Waals surface area contributed by atoms with Crippen LogP contribution in [-0.4, -0.2) is 15.0 Å². The van der Waals surface area contributed by atoms with Gasteiger partial charge in [-0.1, -0.05) is 20.8 Å². The second kappa shape index (κ2) is 5.37. The Balaban J connectivity index is 0.000000461. The number of H-pyrrole nitrogens is 1. The molecule has 2 aromatic rings. The molecule has 76 valence electrons. The van der Waals surface area contributed by atoms with Gasteiger partial charge in [0.05, 0.1) is 5.52 Å². The summed E-state index contributed by atoms with van der Waals surface area (Å²) in [7, 11) is 0. The van der Waals surface area contributed by atoms with Crippen molar-refractivity contribution in [3.63, 3.8) is 0 Å². The molecule has 0 bridgehead atoms. The fraction of sp³-hybridized carbons (Fsp3) is 0.455. The highest BCUT2D eigenvalue weighted by Gasteiger charge is 2.00. The molecule has 0 atom stereocenters. The predicted octanol–water partition coefficient (Wildman–Crippen LogP) is 2.94. The smallest absolute Gasteiger partial charge is 0.177 e. The molecule has 0 saturated heterocycles. The van der Waals surface area contributed by atoms with E-state index in [1.807, 2.05) is 26.0 Å². The summed E-state index contributed by atoms with van der Waals surface area (Å²) in [6.07, 6.45) is 3.87. The van der Waals surface area contributed by atoms with Crippen LogP contribution in [0.1, 0.15) is 33.0 Å². The molecule has 0 fully saturated rings. The summed E-state index contributed by atoms with van der Waals surface area (Å²) in [6, 6.07) is 3.91. The van der Waals surface area contributed by atoms with Gasteiger partial charge in [0.15, 0.2) is 5.65 Å². The summed E-state index contributed by atoms with van der Waals surface area (Å²) in [4.78, 5) is 11.7. The lowest BCUT2D eigenvalue weighted by Gasteiger charge is -1.86. The molecule has 14 heavy (non-hydrogen) atoms. The van der Waals surface area contributed by atoms with Gasteiger partial charge in [0, 0.05) is 12.6 Å². The molecule has 0 amide bonds. The lowest BCUT2D eigenvalue weighted by atomic mass is 10.3. The largest absolute Gasteiger partial charge is 0.341 e. The summed E-state index contributed by atoms with van der Waals surface area (Å²) in [6.45, 7) is 6.14. The van der Waals surface area contributed by atoms with Gasteiger partial charge in [-0.15, -0.1) is 0 Å². The molecule has 0 aliphatic heterocycles. The van der Waals surface area contributed by atoms with Crippen molar-refractivity contribution in [3.05, 3.63) is 24.2 Å². The number of nitrogens with one attached hydrogen (secondary N) is 1. The topological polar surface area (TPSA) is 41.6 Å². The van der Waals surface area contributed by atoms with Crippen molar-refractivity contribution in [3.8, 4) is 0 Å². The number of rotatable bonds is 2. The van der Waals surface area contributed by atoms with Gasteiger partial charge in [-0.2, -0.15) is 0 Å². The second-order valence-corrected chi connectivity index (χ2v) is 2.81. The van der Waals surface area contributed by atoms with E-state index in [2.05, 4.69) is 21.9 Å². The minimum atomic E-state index is 0.820. The van der Waals surface area contributed by atoms with Crippen LogP contribution < -0.4 is 0 Å². The average molecular weight is 191 g/mol. The molecule has 2 aromatic heterocycles. The molecule has 0 spiro atoms. The van der Waals surface area contributed by atoms with E-state index in [0.717, 1.165) is 29.8 Å². The zero-order valence-corrected chi connectivity index (χ0v) is 9.04. The number of nitrogens with zero attached hydrogens (tertiary/aromatic N) is 2. The molecule has 1 N–H and O–H groups in total. The first-order chi connectivity index (χ1) is 6.90. The number of pyridine rings is 1. The highest BCUT2D eigenvalue weighted by molar-refractivity contribution is 5.69. The van der Waals surface area contributed by atoms with E-state index in [1.54, 1.807) is 6.20 Å². The van der Waals surface area contributed by atoms with E-state index < -0.39 is 0 Å². The first-order valence-corrected chi connectivity index (χ1v) is 5.20. The fourth-order valence-corrected chi connectivity index (χ4v) is 1.25.